The van der Waals surface area contributed by atoms with Crippen molar-refractivity contribution < 1.29 is 24.5 Å². The Bertz CT molecular complexity index is 1470. The van der Waals surface area contributed by atoms with Crippen molar-refractivity contribution in [2.24, 2.45) is 0 Å². The fourth-order valence-electron chi connectivity index (χ4n) is 12.5. The van der Waals surface area contributed by atoms with Gasteiger partial charge in [-0.1, -0.05) is 383 Å². The van der Waals surface area contributed by atoms with Crippen LogP contribution in [0.5, 0.6) is 0 Å². The van der Waals surface area contributed by atoms with E-state index in [1.54, 1.807) is 6.08 Å². The van der Waals surface area contributed by atoms with Gasteiger partial charge in [-0.25, -0.2) is 0 Å². The summed E-state index contributed by atoms with van der Waals surface area (Å²) in [6.45, 7) is 4.93. The predicted molar refractivity (Wildman–Crippen MR) is 389 cm³/mol. The van der Waals surface area contributed by atoms with Gasteiger partial charge in [0.05, 0.1) is 25.4 Å². The van der Waals surface area contributed by atoms with Crippen LogP contribution in [0.2, 0.25) is 0 Å². The maximum absolute atomic E-state index is 12.6. The third-order valence-electron chi connectivity index (χ3n) is 18.6. The van der Waals surface area contributed by atoms with E-state index in [9.17, 15) is 19.8 Å². The van der Waals surface area contributed by atoms with Crippen LogP contribution in [-0.4, -0.2) is 47.4 Å². The van der Waals surface area contributed by atoms with E-state index in [-0.39, 0.29) is 18.5 Å². The Labute approximate surface area is 550 Å². The molecule has 88 heavy (non-hydrogen) atoms. The number of amides is 1. The summed E-state index contributed by atoms with van der Waals surface area (Å²) in [5, 5.41) is 23.3. The fourth-order valence-corrected chi connectivity index (χ4v) is 12.5. The normalized spacial score (nSPS) is 12.7. The number of carbonyl (C=O) groups excluding carboxylic acids is 2. The van der Waals surface area contributed by atoms with E-state index in [4.69, 9.17) is 4.74 Å². The fraction of sp³-hybridized carbons (Fsp3) is 0.878. The zero-order valence-corrected chi connectivity index (χ0v) is 59.5. The smallest absolute Gasteiger partial charge is 0.305 e. The number of esters is 1. The van der Waals surface area contributed by atoms with Crippen LogP contribution in [0.1, 0.15) is 438 Å². The predicted octanol–water partition coefficient (Wildman–Crippen LogP) is 26.4. The van der Waals surface area contributed by atoms with Gasteiger partial charge in [0.15, 0.2) is 0 Å². The maximum Gasteiger partial charge on any atom is 0.305 e. The van der Waals surface area contributed by atoms with Gasteiger partial charge in [0, 0.05) is 12.8 Å². The highest BCUT2D eigenvalue weighted by atomic mass is 16.5. The van der Waals surface area contributed by atoms with E-state index in [1.165, 1.54) is 360 Å². The van der Waals surface area contributed by atoms with Gasteiger partial charge in [-0.3, -0.25) is 9.59 Å². The molecule has 0 aromatic carbocycles. The van der Waals surface area contributed by atoms with Crippen LogP contribution in [0, 0.1) is 0 Å². The lowest BCUT2D eigenvalue weighted by Crippen LogP contribution is -2.45. The van der Waals surface area contributed by atoms with Crippen LogP contribution < -0.4 is 5.32 Å². The molecule has 518 valence electrons. The van der Waals surface area contributed by atoms with Gasteiger partial charge in [-0.05, 0) is 89.9 Å². The van der Waals surface area contributed by atoms with Crippen LogP contribution in [-0.2, 0) is 14.3 Å². The molecule has 0 aliphatic carbocycles. The standard InChI is InChI=1S/C82H155NO5/c1-3-5-7-9-11-13-15-17-19-20-21-22-23-35-38-41-44-47-50-54-58-62-66-70-74-80(85)79(78-84)83-81(86)75-71-67-63-59-55-51-48-45-42-39-36-33-31-29-27-25-24-26-28-30-32-34-37-40-43-46-49-53-57-61-65-69-73-77-88-82(87)76-72-68-64-60-56-52-18-16-14-12-10-8-6-4-2/h16,18,28,30,34,37,70,74,79-80,84-85H,3-15,17,19-27,29,31-33,35-36,38-69,71-73,75-78H2,1-2H3,(H,83,86)/b18-16-,30-28-,37-34-,74-70+. The average molecular weight is 1240 g/mol. The monoisotopic (exact) mass is 1230 g/mol. The molecule has 1 amide bonds. The molecule has 0 aromatic rings. The largest absolute Gasteiger partial charge is 0.466 e. The zero-order chi connectivity index (χ0) is 63.5. The van der Waals surface area contributed by atoms with Gasteiger partial charge in [0.25, 0.3) is 0 Å². The van der Waals surface area contributed by atoms with Gasteiger partial charge in [-0.15, -0.1) is 0 Å². The van der Waals surface area contributed by atoms with Crippen molar-refractivity contribution in [1.82, 2.24) is 5.32 Å². The molecule has 0 rings (SSSR count). The molecule has 0 aliphatic heterocycles. The molecular weight excluding hydrogens is 1080 g/mol. The Balaban J connectivity index is 3.41. The number of rotatable bonds is 75. The first-order valence-electron chi connectivity index (χ1n) is 39.9. The Kier molecular flexibility index (Phi) is 75.4. The SMILES string of the molecule is CCCCCCC/C=C\CCCCCCCC(=O)OCCCCCCCCCCC/C=C\C/C=C\CCCCCCCCCCCCCCCCCCCC(=O)NC(CO)C(O)/C=C/CCCCCCCCCCCCCCCCCCCCCCCC. The van der Waals surface area contributed by atoms with Gasteiger partial charge in [-0.2, -0.15) is 0 Å². The Morgan fingerprint density at radius 1 is 0.318 bits per heavy atom. The second kappa shape index (κ2) is 77.3. The minimum atomic E-state index is -0.845. The highest BCUT2D eigenvalue weighted by molar-refractivity contribution is 5.76. The molecule has 0 heterocycles. The van der Waals surface area contributed by atoms with E-state index >= 15 is 0 Å². The van der Waals surface area contributed by atoms with Crippen molar-refractivity contribution in [2.45, 2.75) is 450 Å². The Hall–Kier alpha value is -2.18. The number of aliphatic hydroxyl groups excluding tert-OH is 2. The summed E-state index contributed by atoms with van der Waals surface area (Å²) < 4.78 is 5.49. The highest BCUT2D eigenvalue weighted by Gasteiger charge is 2.18. The van der Waals surface area contributed by atoms with Gasteiger partial charge in [0.1, 0.15) is 0 Å². The van der Waals surface area contributed by atoms with Gasteiger partial charge >= 0.3 is 5.97 Å². The summed E-state index contributed by atoms with van der Waals surface area (Å²) >= 11 is 0. The molecule has 0 bridgehead atoms. The summed E-state index contributed by atoms with van der Waals surface area (Å²) in [4.78, 5) is 24.6. The van der Waals surface area contributed by atoms with E-state index in [0.717, 1.165) is 51.4 Å². The molecule has 2 unspecified atom stereocenters. The van der Waals surface area contributed by atoms with E-state index in [2.05, 4.69) is 55.6 Å². The van der Waals surface area contributed by atoms with Gasteiger partial charge in [0.2, 0.25) is 5.91 Å². The van der Waals surface area contributed by atoms with Gasteiger partial charge < -0.3 is 20.3 Å². The van der Waals surface area contributed by atoms with Crippen LogP contribution >= 0.6 is 0 Å². The lowest BCUT2D eigenvalue weighted by atomic mass is 10.0. The van der Waals surface area contributed by atoms with E-state index in [1.807, 2.05) is 6.08 Å². The number of hydrogen-bond acceptors (Lipinski definition) is 5. The van der Waals surface area contributed by atoms with Crippen LogP contribution in [0.3, 0.4) is 0 Å². The van der Waals surface area contributed by atoms with E-state index in [0.29, 0.717) is 19.4 Å². The number of unbranched alkanes of at least 4 members (excludes halogenated alkanes) is 58. The van der Waals surface area contributed by atoms with E-state index < -0.39 is 12.1 Å². The van der Waals surface area contributed by atoms with Crippen molar-refractivity contribution in [3.05, 3.63) is 48.6 Å². The molecule has 0 fully saturated rings. The molecule has 2 atom stereocenters. The molecule has 6 nitrogen and oxygen atoms in total. The summed E-state index contributed by atoms with van der Waals surface area (Å²) in [6, 6.07) is -0.629. The lowest BCUT2D eigenvalue weighted by Gasteiger charge is -2.20. The second-order valence-corrected chi connectivity index (χ2v) is 27.4. The first kappa shape index (κ1) is 85.8. The van der Waals surface area contributed by atoms with Crippen molar-refractivity contribution in [2.75, 3.05) is 13.2 Å². The number of hydrogen-bond donors (Lipinski definition) is 3. The van der Waals surface area contributed by atoms with Crippen LogP contribution in [0.25, 0.3) is 0 Å². The molecule has 0 saturated heterocycles. The van der Waals surface area contributed by atoms with Crippen molar-refractivity contribution in [3.63, 3.8) is 0 Å². The first-order valence-corrected chi connectivity index (χ1v) is 39.9. The molecule has 0 spiro atoms. The highest BCUT2D eigenvalue weighted by Crippen LogP contribution is 2.19. The first-order chi connectivity index (χ1) is 43.5. The summed E-state index contributed by atoms with van der Waals surface area (Å²) in [6.07, 6.45) is 102. The number of carbonyl (C=O) groups is 2. The molecule has 6 heteroatoms. The summed E-state index contributed by atoms with van der Waals surface area (Å²) in [5.74, 6) is -0.0557. The number of allylic oxidation sites excluding steroid dienone is 7. The minimum Gasteiger partial charge on any atom is -0.466 e. The Morgan fingerprint density at radius 3 is 0.875 bits per heavy atom. The minimum absolute atomic E-state index is 0.00582. The Morgan fingerprint density at radius 2 is 0.568 bits per heavy atom. The zero-order valence-electron chi connectivity index (χ0n) is 59.5. The van der Waals surface area contributed by atoms with Crippen molar-refractivity contribution in [3.8, 4) is 0 Å². The molecule has 0 radical (unpaired) electrons. The van der Waals surface area contributed by atoms with Crippen molar-refractivity contribution >= 4 is 11.9 Å². The van der Waals surface area contributed by atoms with Crippen LogP contribution in [0.15, 0.2) is 48.6 Å². The number of ether oxygens (including phenoxy) is 1. The maximum atomic E-state index is 12.6. The average Bonchev–Trinajstić information content (AvgIpc) is 3.58. The summed E-state index contributed by atoms with van der Waals surface area (Å²) in [7, 11) is 0. The third-order valence-corrected chi connectivity index (χ3v) is 18.6. The number of nitrogens with one attached hydrogen (secondary N) is 1. The third kappa shape index (κ3) is 72.9. The molecule has 0 saturated carbocycles. The van der Waals surface area contributed by atoms with Crippen molar-refractivity contribution in [1.29, 1.82) is 0 Å². The molecular formula is C82H155NO5. The number of aliphatic hydroxyl groups is 2. The molecule has 0 aromatic heterocycles. The second-order valence-electron chi connectivity index (χ2n) is 27.4. The topological polar surface area (TPSA) is 95.9 Å². The quantitative estimate of drug-likeness (QED) is 0.0320. The van der Waals surface area contributed by atoms with Crippen LogP contribution in [0.4, 0.5) is 0 Å². The molecule has 3 N–H and O–H groups in total. The molecule has 0 aliphatic rings. The summed E-state index contributed by atoms with van der Waals surface area (Å²) in [5.41, 5.74) is 0. The lowest BCUT2D eigenvalue weighted by molar-refractivity contribution is -0.143.